The average Bonchev–Trinajstić information content (AvgIpc) is 3.95. The number of benzene rings is 9. The van der Waals surface area contributed by atoms with Crippen LogP contribution in [0.5, 0.6) is 0 Å². The van der Waals surface area contributed by atoms with Crippen LogP contribution in [0.4, 0.5) is 0 Å². The maximum Gasteiger partial charge on any atom is 0.161 e. The van der Waals surface area contributed by atoms with E-state index < -0.39 is 0 Å². The Balaban J connectivity index is 1.14. The first-order chi connectivity index (χ1) is 28.3. The van der Waals surface area contributed by atoms with Crippen LogP contribution in [0.1, 0.15) is 0 Å². The predicted molar refractivity (Wildman–Crippen MR) is 246 cm³/mol. The van der Waals surface area contributed by atoms with Crippen molar-refractivity contribution in [3.8, 4) is 28.3 Å². The Kier molecular flexibility index (Phi) is 6.48. The van der Waals surface area contributed by atoms with Crippen LogP contribution in [0.15, 0.2) is 176 Å². The molecule has 0 bridgehead atoms. The second-order valence-electron chi connectivity index (χ2n) is 14.9. The number of rotatable bonds is 3. The summed E-state index contributed by atoms with van der Waals surface area (Å²) < 4.78 is 7.45. The van der Waals surface area contributed by atoms with E-state index in [-0.39, 0.29) is 0 Å². The molecule has 0 fully saturated rings. The fourth-order valence-corrected chi connectivity index (χ4v) is 11.7. The van der Waals surface area contributed by atoms with Gasteiger partial charge >= 0.3 is 0 Å². The minimum atomic E-state index is 0.730. The van der Waals surface area contributed by atoms with Crippen molar-refractivity contribution in [2.45, 2.75) is 0 Å². The summed E-state index contributed by atoms with van der Waals surface area (Å²) in [6, 6.07) is 64.0. The van der Waals surface area contributed by atoms with Gasteiger partial charge in [-0.1, -0.05) is 127 Å². The molecular formula is C52H29N3S2. The van der Waals surface area contributed by atoms with Gasteiger partial charge in [-0.25, -0.2) is 9.97 Å². The van der Waals surface area contributed by atoms with Gasteiger partial charge in [-0.3, -0.25) is 0 Å². The molecule has 5 heteroatoms. The maximum atomic E-state index is 5.65. The van der Waals surface area contributed by atoms with Gasteiger partial charge in [-0.05, 0) is 70.1 Å². The highest BCUT2D eigenvalue weighted by Crippen LogP contribution is 2.46. The minimum absolute atomic E-state index is 0.730. The van der Waals surface area contributed by atoms with Crippen molar-refractivity contribution in [2.24, 2.45) is 0 Å². The van der Waals surface area contributed by atoms with Gasteiger partial charge in [0, 0.05) is 73.3 Å². The summed E-state index contributed by atoms with van der Waals surface area (Å²) in [4.78, 5) is 11.1. The van der Waals surface area contributed by atoms with Crippen LogP contribution in [0.3, 0.4) is 0 Å². The molecule has 0 saturated carbocycles. The van der Waals surface area contributed by atoms with E-state index >= 15 is 0 Å². The first kappa shape index (κ1) is 31.3. The quantitative estimate of drug-likeness (QED) is 0.180. The van der Waals surface area contributed by atoms with Crippen LogP contribution < -0.4 is 0 Å². The third kappa shape index (κ3) is 4.47. The summed E-state index contributed by atoms with van der Waals surface area (Å²) in [7, 11) is 0. The molecule has 0 atom stereocenters. The SMILES string of the molecule is c1ccc2c(c1)ccc1c2c2ccccc2n1-c1cc(-c2nc(-c3cc4sc5ccccc5c4c4ccccc34)c3ccccc3n2)c2sc3ccccc3c2c1. The van der Waals surface area contributed by atoms with Crippen LogP contribution >= 0.6 is 22.7 Å². The van der Waals surface area contributed by atoms with E-state index in [1.165, 1.54) is 83.7 Å². The zero-order valence-corrected chi connectivity index (χ0v) is 32.0. The number of fused-ring (bicyclic) bond motifs is 14. The molecule has 9 aromatic carbocycles. The van der Waals surface area contributed by atoms with Crippen molar-refractivity contribution in [1.29, 1.82) is 0 Å². The Morgan fingerprint density at radius 1 is 0.386 bits per heavy atom. The lowest BCUT2D eigenvalue weighted by molar-refractivity contribution is 1.18. The summed E-state index contributed by atoms with van der Waals surface area (Å²) in [5, 5.41) is 13.6. The molecule has 0 saturated heterocycles. The van der Waals surface area contributed by atoms with Gasteiger partial charge in [-0.15, -0.1) is 22.7 Å². The van der Waals surface area contributed by atoms with E-state index in [9.17, 15) is 0 Å². The standard InChI is InChI=1S/C52H29N3S2/c1-2-14-32-30(13-1)25-26-44-48(32)37-19-6-10-22-43(37)55(44)31-27-40-34-16-7-11-23-45(34)57-51(40)41(28-31)52-53-42-21-9-5-18-36(42)50(54-52)39-29-47-49(35-17-4-3-15-33(35)39)38-20-8-12-24-46(38)56-47/h1-29H. The van der Waals surface area contributed by atoms with E-state index in [2.05, 4.69) is 180 Å². The van der Waals surface area contributed by atoms with Crippen LogP contribution in [0.2, 0.25) is 0 Å². The monoisotopic (exact) mass is 759 g/mol. The third-order valence-corrected chi connectivity index (χ3v) is 14.1. The molecule has 13 aromatic rings. The molecule has 57 heavy (non-hydrogen) atoms. The number of thiophene rings is 2. The lowest BCUT2D eigenvalue weighted by Gasteiger charge is -2.15. The molecule has 0 unspecified atom stereocenters. The first-order valence-electron chi connectivity index (χ1n) is 19.2. The van der Waals surface area contributed by atoms with Crippen molar-refractivity contribution >= 4 is 117 Å². The predicted octanol–water partition coefficient (Wildman–Crippen LogP) is 15.1. The molecule has 264 valence electrons. The fraction of sp³-hybridized carbons (Fsp3) is 0. The average molecular weight is 760 g/mol. The lowest BCUT2D eigenvalue weighted by atomic mass is 9.95. The van der Waals surface area contributed by atoms with E-state index in [1.807, 2.05) is 22.7 Å². The van der Waals surface area contributed by atoms with Crippen molar-refractivity contribution in [3.63, 3.8) is 0 Å². The topological polar surface area (TPSA) is 30.7 Å². The fourth-order valence-electron chi connectivity index (χ4n) is 9.31. The second-order valence-corrected chi connectivity index (χ2v) is 17.0. The Hall–Kier alpha value is -6.92. The summed E-state index contributed by atoms with van der Waals surface area (Å²) in [6.45, 7) is 0. The molecule has 0 aliphatic carbocycles. The molecule has 0 spiro atoms. The number of hydrogen-bond donors (Lipinski definition) is 0. The number of hydrogen-bond acceptors (Lipinski definition) is 4. The van der Waals surface area contributed by atoms with E-state index in [0.717, 1.165) is 39.2 Å². The lowest BCUT2D eigenvalue weighted by Crippen LogP contribution is -1.99. The van der Waals surface area contributed by atoms with Crippen molar-refractivity contribution < 1.29 is 0 Å². The molecule has 4 aromatic heterocycles. The van der Waals surface area contributed by atoms with Gasteiger partial charge in [0.1, 0.15) is 0 Å². The first-order valence-corrected chi connectivity index (χ1v) is 20.9. The third-order valence-electron chi connectivity index (χ3n) is 11.8. The minimum Gasteiger partial charge on any atom is -0.309 e. The van der Waals surface area contributed by atoms with Gasteiger partial charge in [0.15, 0.2) is 5.82 Å². The smallest absolute Gasteiger partial charge is 0.161 e. The molecule has 3 nitrogen and oxygen atoms in total. The molecule has 13 rings (SSSR count). The van der Waals surface area contributed by atoms with Gasteiger partial charge in [0.25, 0.3) is 0 Å². The Morgan fingerprint density at radius 3 is 1.91 bits per heavy atom. The van der Waals surface area contributed by atoms with Crippen LogP contribution in [-0.2, 0) is 0 Å². The van der Waals surface area contributed by atoms with Gasteiger partial charge in [0.2, 0.25) is 0 Å². The molecule has 0 amide bonds. The highest BCUT2D eigenvalue weighted by atomic mass is 32.1. The van der Waals surface area contributed by atoms with Crippen molar-refractivity contribution in [1.82, 2.24) is 14.5 Å². The van der Waals surface area contributed by atoms with Crippen molar-refractivity contribution in [3.05, 3.63) is 176 Å². The number of aromatic nitrogens is 3. The number of nitrogens with zero attached hydrogens (tertiary/aromatic N) is 3. The Labute approximate surface area is 334 Å². The normalized spacial score (nSPS) is 12.2. The Morgan fingerprint density at radius 2 is 1.05 bits per heavy atom. The van der Waals surface area contributed by atoms with Crippen molar-refractivity contribution in [2.75, 3.05) is 0 Å². The zero-order valence-electron chi connectivity index (χ0n) is 30.4. The second kappa shape index (κ2) is 11.8. The van der Waals surface area contributed by atoms with Gasteiger partial charge in [-0.2, -0.15) is 0 Å². The number of para-hydroxylation sites is 2. The largest absolute Gasteiger partial charge is 0.309 e. The summed E-state index contributed by atoms with van der Waals surface area (Å²) in [6.07, 6.45) is 0. The zero-order chi connectivity index (χ0) is 37.2. The molecule has 0 radical (unpaired) electrons. The highest BCUT2D eigenvalue weighted by Gasteiger charge is 2.22. The Bertz CT molecular complexity index is 3830. The van der Waals surface area contributed by atoms with Gasteiger partial charge < -0.3 is 4.57 Å². The van der Waals surface area contributed by atoms with Crippen LogP contribution in [0, 0.1) is 0 Å². The molecular weight excluding hydrogens is 731 g/mol. The van der Waals surface area contributed by atoms with E-state index in [4.69, 9.17) is 9.97 Å². The highest BCUT2D eigenvalue weighted by molar-refractivity contribution is 7.26. The van der Waals surface area contributed by atoms with Crippen LogP contribution in [0.25, 0.3) is 123 Å². The molecule has 0 aliphatic rings. The summed E-state index contributed by atoms with van der Waals surface area (Å²) in [5.41, 5.74) is 7.50. The molecule has 0 aliphatic heterocycles. The maximum absolute atomic E-state index is 5.65. The van der Waals surface area contributed by atoms with E-state index in [1.54, 1.807) is 0 Å². The van der Waals surface area contributed by atoms with Crippen LogP contribution in [-0.4, -0.2) is 14.5 Å². The summed E-state index contributed by atoms with van der Waals surface area (Å²) >= 11 is 3.68. The van der Waals surface area contributed by atoms with Gasteiger partial charge in [0.05, 0.1) is 22.2 Å². The molecule has 0 N–H and O–H groups in total. The van der Waals surface area contributed by atoms with E-state index in [0.29, 0.717) is 0 Å². The molecule has 4 heterocycles. The summed E-state index contributed by atoms with van der Waals surface area (Å²) in [5.74, 6) is 0.730.